The Morgan fingerprint density at radius 1 is 1.30 bits per heavy atom. The number of nitrogens with zero attached hydrogens (tertiary/aromatic N) is 2. The highest BCUT2D eigenvalue weighted by Gasteiger charge is 2.20. The minimum Gasteiger partial charge on any atom is -0.492 e. The van der Waals surface area contributed by atoms with Gasteiger partial charge in [0, 0.05) is 26.0 Å². The Morgan fingerprint density at radius 2 is 1.96 bits per heavy atom. The van der Waals surface area contributed by atoms with Crippen LogP contribution in [0.15, 0.2) is 24.5 Å². The van der Waals surface area contributed by atoms with Gasteiger partial charge in [0.25, 0.3) is 0 Å². The summed E-state index contributed by atoms with van der Waals surface area (Å²) in [7, 11) is 3.13. The lowest BCUT2D eigenvalue weighted by molar-refractivity contribution is 0.0301. The lowest BCUT2D eigenvalue weighted by atomic mass is 10.1. The first-order valence-electron chi connectivity index (χ1n) is 7.49. The second-order valence-electron chi connectivity index (χ2n) is 6.45. The minimum absolute atomic E-state index is 0.215. The molecular formula is C17H23FN2O3. The lowest BCUT2D eigenvalue weighted by Crippen LogP contribution is -2.35. The van der Waals surface area contributed by atoms with Crippen molar-refractivity contribution in [2.45, 2.75) is 32.8 Å². The zero-order valence-corrected chi connectivity index (χ0v) is 14.2. The Labute approximate surface area is 135 Å². The molecule has 0 saturated carbocycles. The molecule has 2 rings (SSSR count). The van der Waals surface area contributed by atoms with E-state index in [0.717, 1.165) is 5.56 Å². The van der Waals surface area contributed by atoms with E-state index in [1.54, 1.807) is 13.2 Å². The van der Waals surface area contributed by atoms with Gasteiger partial charge in [0.15, 0.2) is 11.6 Å². The van der Waals surface area contributed by atoms with Crippen molar-refractivity contribution < 1.29 is 18.7 Å². The van der Waals surface area contributed by atoms with Crippen LogP contribution in [0.4, 0.5) is 9.18 Å². The van der Waals surface area contributed by atoms with Crippen LogP contribution >= 0.6 is 0 Å². The van der Waals surface area contributed by atoms with Crippen LogP contribution in [0.2, 0.25) is 0 Å². The number of carbonyl (C=O) groups is 1. The van der Waals surface area contributed by atoms with Gasteiger partial charge in [-0.25, -0.2) is 9.18 Å². The molecule has 1 amide bonds. The molecule has 0 saturated heterocycles. The third-order valence-corrected chi connectivity index (χ3v) is 3.44. The number of fused-ring (bicyclic) bond motifs is 1. The summed E-state index contributed by atoms with van der Waals surface area (Å²) < 4.78 is 26.2. The van der Waals surface area contributed by atoms with E-state index in [-0.39, 0.29) is 11.8 Å². The fourth-order valence-corrected chi connectivity index (χ4v) is 2.33. The lowest BCUT2D eigenvalue weighted by Gasteiger charge is -2.24. The van der Waals surface area contributed by atoms with Crippen LogP contribution in [0.5, 0.6) is 5.75 Å². The SMILES string of the molecule is COc1c(F)ccn2ccc(CCN(C)C(=O)OC(C)(C)C)c12. The largest absolute Gasteiger partial charge is 0.492 e. The van der Waals surface area contributed by atoms with Gasteiger partial charge >= 0.3 is 6.09 Å². The fourth-order valence-electron chi connectivity index (χ4n) is 2.33. The summed E-state index contributed by atoms with van der Waals surface area (Å²) in [6, 6.07) is 3.27. The fraction of sp³-hybridized carbons (Fsp3) is 0.471. The van der Waals surface area contributed by atoms with Gasteiger partial charge in [0.1, 0.15) is 5.60 Å². The van der Waals surface area contributed by atoms with Crippen LogP contribution in [-0.2, 0) is 11.2 Å². The maximum absolute atomic E-state index is 13.9. The molecule has 0 aromatic carbocycles. The second-order valence-corrected chi connectivity index (χ2v) is 6.45. The van der Waals surface area contributed by atoms with Crippen molar-refractivity contribution in [2.24, 2.45) is 0 Å². The average Bonchev–Trinajstić information content (AvgIpc) is 2.86. The summed E-state index contributed by atoms with van der Waals surface area (Å²) in [5.41, 5.74) is 1.07. The third kappa shape index (κ3) is 3.94. The standard InChI is InChI=1S/C17H23FN2O3/c1-17(2,3)23-16(21)19(4)9-6-12-7-10-20-11-8-13(18)15(22-5)14(12)20/h7-8,10-11H,6,9H2,1-5H3. The van der Waals surface area contributed by atoms with Gasteiger partial charge in [-0.15, -0.1) is 0 Å². The number of ether oxygens (including phenoxy) is 2. The van der Waals surface area contributed by atoms with E-state index in [1.165, 1.54) is 18.1 Å². The highest BCUT2D eigenvalue weighted by molar-refractivity contribution is 5.69. The topological polar surface area (TPSA) is 43.2 Å². The van der Waals surface area contributed by atoms with Crippen molar-refractivity contribution >= 4 is 11.6 Å². The molecule has 0 aliphatic carbocycles. The number of rotatable bonds is 4. The Kier molecular flexibility index (Phi) is 4.82. The maximum Gasteiger partial charge on any atom is 0.410 e. The van der Waals surface area contributed by atoms with E-state index >= 15 is 0 Å². The van der Waals surface area contributed by atoms with Crippen molar-refractivity contribution in [3.05, 3.63) is 35.9 Å². The van der Waals surface area contributed by atoms with Crippen LogP contribution in [-0.4, -0.2) is 41.7 Å². The second kappa shape index (κ2) is 6.48. The van der Waals surface area contributed by atoms with Gasteiger partial charge in [-0.1, -0.05) is 0 Å². The van der Waals surface area contributed by atoms with Crippen LogP contribution in [0.1, 0.15) is 26.3 Å². The highest BCUT2D eigenvalue weighted by atomic mass is 19.1. The maximum atomic E-state index is 13.9. The van der Waals surface area contributed by atoms with Gasteiger partial charge < -0.3 is 18.8 Å². The average molecular weight is 322 g/mol. The number of hydrogen-bond donors (Lipinski definition) is 0. The molecule has 5 nitrogen and oxygen atoms in total. The van der Waals surface area contributed by atoms with E-state index in [9.17, 15) is 9.18 Å². The molecule has 0 atom stereocenters. The van der Waals surface area contributed by atoms with Crippen molar-refractivity contribution in [1.29, 1.82) is 0 Å². The molecule has 0 N–H and O–H groups in total. The summed E-state index contributed by atoms with van der Waals surface area (Å²) in [4.78, 5) is 13.5. The molecule has 23 heavy (non-hydrogen) atoms. The smallest absolute Gasteiger partial charge is 0.410 e. The molecule has 0 fully saturated rings. The summed E-state index contributed by atoms with van der Waals surface area (Å²) in [5, 5.41) is 0. The quantitative estimate of drug-likeness (QED) is 0.865. The van der Waals surface area contributed by atoms with Crippen molar-refractivity contribution in [3.8, 4) is 5.75 Å². The van der Waals surface area contributed by atoms with Crippen molar-refractivity contribution in [2.75, 3.05) is 20.7 Å². The van der Waals surface area contributed by atoms with Gasteiger partial charge in [0.2, 0.25) is 0 Å². The molecule has 0 spiro atoms. The molecule has 0 unspecified atom stereocenters. The van der Waals surface area contributed by atoms with E-state index < -0.39 is 11.4 Å². The molecular weight excluding hydrogens is 299 g/mol. The van der Waals surface area contributed by atoms with E-state index in [4.69, 9.17) is 9.47 Å². The molecule has 2 aromatic heterocycles. The first-order chi connectivity index (χ1) is 10.7. The Morgan fingerprint density at radius 3 is 2.57 bits per heavy atom. The minimum atomic E-state index is -0.527. The molecule has 6 heteroatoms. The monoisotopic (exact) mass is 322 g/mol. The van der Waals surface area contributed by atoms with Gasteiger partial charge in [-0.05, 0) is 44.9 Å². The number of aromatic nitrogens is 1. The molecule has 2 aromatic rings. The van der Waals surface area contributed by atoms with Crippen LogP contribution in [0, 0.1) is 5.82 Å². The molecule has 0 aliphatic heterocycles. The number of hydrogen-bond acceptors (Lipinski definition) is 3. The summed E-state index contributed by atoms with van der Waals surface area (Å²) in [6.07, 6.45) is 3.69. The number of pyridine rings is 1. The zero-order chi connectivity index (χ0) is 17.2. The van der Waals surface area contributed by atoms with Gasteiger partial charge in [0.05, 0.1) is 12.6 Å². The molecule has 0 radical (unpaired) electrons. The predicted octanol–water partition coefficient (Wildman–Crippen LogP) is 3.50. The Bertz CT molecular complexity index is 704. The van der Waals surface area contributed by atoms with Gasteiger partial charge in [-0.2, -0.15) is 0 Å². The number of amides is 1. The summed E-state index contributed by atoms with van der Waals surface area (Å²) in [5.74, 6) is -0.187. The molecule has 0 bridgehead atoms. The van der Waals surface area contributed by atoms with Crippen molar-refractivity contribution in [1.82, 2.24) is 9.30 Å². The Hall–Kier alpha value is -2.24. The Balaban J connectivity index is 2.14. The third-order valence-electron chi connectivity index (χ3n) is 3.44. The summed E-state index contributed by atoms with van der Waals surface area (Å²) >= 11 is 0. The van der Waals surface area contributed by atoms with Crippen LogP contribution in [0.3, 0.4) is 0 Å². The first-order valence-corrected chi connectivity index (χ1v) is 7.49. The summed E-state index contributed by atoms with van der Waals surface area (Å²) in [6.45, 7) is 5.95. The molecule has 126 valence electrons. The van der Waals surface area contributed by atoms with Gasteiger partial charge in [-0.3, -0.25) is 0 Å². The predicted molar refractivity (Wildman–Crippen MR) is 86.5 cm³/mol. The normalized spacial score (nSPS) is 11.6. The van der Waals surface area contributed by atoms with E-state index in [2.05, 4.69) is 0 Å². The van der Waals surface area contributed by atoms with E-state index in [0.29, 0.717) is 18.5 Å². The van der Waals surface area contributed by atoms with Crippen molar-refractivity contribution in [3.63, 3.8) is 0 Å². The number of carbonyl (C=O) groups excluding carboxylic acids is 1. The number of halogens is 1. The highest BCUT2D eigenvalue weighted by Crippen LogP contribution is 2.27. The first kappa shape index (κ1) is 17.1. The zero-order valence-electron chi connectivity index (χ0n) is 14.2. The van der Waals surface area contributed by atoms with Crippen LogP contribution < -0.4 is 4.74 Å². The van der Waals surface area contributed by atoms with E-state index in [1.807, 2.05) is 37.4 Å². The molecule has 0 aliphatic rings. The number of likely N-dealkylation sites (N-methyl/N-ethyl adjacent to an activating group) is 1. The van der Waals surface area contributed by atoms with Crippen LogP contribution in [0.25, 0.3) is 5.52 Å². The molecule has 2 heterocycles. The number of methoxy groups -OCH3 is 1.